The lowest BCUT2D eigenvalue weighted by Crippen LogP contribution is -2.35. The van der Waals surface area contributed by atoms with Crippen LogP contribution in [0.25, 0.3) is 0 Å². The molecular formula is C25H40Cl2N2S. The summed E-state index contributed by atoms with van der Waals surface area (Å²) in [6.07, 6.45) is 9.80. The fourth-order valence-corrected chi connectivity index (χ4v) is 3.97. The Hall–Kier alpha value is -0.740. The zero-order valence-corrected chi connectivity index (χ0v) is 22.0. The maximum absolute atomic E-state index is 6.22. The minimum atomic E-state index is 0.102. The lowest BCUT2D eigenvalue weighted by Gasteiger charge is -2.23. The standard InChI is InChI=1S/C16H19Cl2NS.C9H21N/c1-5-11(3)10-19-16(12(4)6-2)20-14-9-7-8-13(17)15(14)18;1-4-6-8-9(3,10)7-5-2/h7-10H,4-6H2,1-3H3;4-8,10H2,1-3H3/b11-10-,19-16?;. The third kappa shape index (κ3) is 12.2. The molecule has 30 heavy (non-hydrogen) atoms. The molecule has 1 atom stereocenters. The largest absolute Gasteiger partial charge is 0.325 e. The molecule has 1 aromatic carbocycles. The number of unbranched alkanes of at least 4 members (excludes halogenated alkanes) is 1. The highest BCUT2D eigenvalue weighted by atomic mass is 35.5. The van der Waals surface area contributed by atoms with Crippen molar-refractivity contribution in [3.05, 3.63) is 52.2 Å². The van der Waals surface area contributed by atoms with Crippen LogP contribution >= 0.6 is 35.0 Å². The van der Waals surface area contributed by atoms with Gasteiger partial charge in [0.1, 0.15) is 5.04 Å². The Morgan fingerprint density at radius 2 is 1.80 bits per heavy atom. The van der Waals surface area contributed by atoms with Crippen molar-refractivity contribution in [3.63, 3.8) is 0 Å². The first kappa shape index (κ1) is 29.3. The van der Waals surface area contributed by atoms with Crippen molar-refractivity contribution in [2.45, 2.75) is 96.9 Å². The predicted molar refractivity (Wildman–Crippen MR) is 140 cm³/mol. The topological polar surface area (TPSA) is 38.4 Å². The van der Waals surface area contributed by atoms with E-state index >= 15 is 0 Å². The zero-order valence-electron chi connectivity index (χ0n) is 19.7. The number of allylic oxidation sites excluding steroid dienone is 1. The molecule has 1 aromatic rings. The summed E-state index contributed by atoms with van der Waals surface area (Å²) in [5.41, 5.74) is 8.33. The van der Waals surface area contributed by atoms with Crippen molar-refractivity contribution in [1.29, 1.82) is 0 Å². The molecule has 0 aliphatic heterocycles. The molecule has 0 aliphatic carbocycles. The molecule has 0 bridgehead atoms. The Labute approximate surface area is 199 Å². The Bertz CT molecular complexity index is 709. The highest BCUT2D eigenvalue weighted by Crippen LogP contribution is 2.35. The Morgan fingerprint density at radius 3 is 2.33 bits per heavy atom. The molecule has 0 fully saturated rings. The number of nitrogens with zero attached hydrogens (tertiary/aromatic N) is 1. The Morgan fingerprint density at radius 1 is 1.13 bits per heavy atom. The van der Waals surface area contributed by atoms with Gasteiger partial charge in [-0.15, -0.1) is 0 Å². The molecule has 0 saturated heterocycles. The maximum Gasteiger partial charge on any atom is 0.103 e. The molecule has 1 unspecified atom stereocenters. The molecule has 5 heteroatoms. The molecule has 0 radical (unpaired) electrons. The second kappa shape index (κ2) is 16.0. The van der Waals surface area contributed by atoms with Gasteiger partial charge in [0, 0.05) is 16.6 Å². The van der Waals surface area contributed by atoms with Crippen molar-refractivity contribution in [2.24, 2.45) is 10.7 Å². The van der Waals surface area contributed by atoms with Crippen LogP contribution in [0, 0.1) is 0 Å². The summed E-state index contributed by atoms with van der Waals surface area (Å²) in [6.45, 7) is 16.9. The van der Waals surface area contributed by atoms with E-state index in [1.54, 1.807) is 6.07 Å². The van der Waals surface area contributed by atoms with Crippen molar-refractivity contribution < 1.29 is 0 Å². The van der Waals surface area contributed by atoms with E-state index in [0.29, 0.717) is 10.0 Å². The van der Waals surface area contributed by atoms with Crippen molar-refractivity contribution >= 4 is 40.0 Å². The van der Waals surface area contributed by atoms with Crippen LogP contribution in [0.5, 0.6) is 0 Å². The molecule has 2 nitrogen and oxygen atoms in total. The number of rotatable bonds is 10. The monoisotopic (exact) mass is 470 g/mol. The van der Waals surface area contributed by atoms with E-state index in [4.69, 9.17) is 28.9 Å². The van der Waals surface area contributed by atoms with Gasteiger partial charge in [0.25, 0.3) is 0 Å². The van der Waals surface area contributed by atoms with E-state index in [2.05, 4.69) is 53.1 Å². The third-order valence-electron chi connectivity index (χ3n) is 4.73. The summed E-state index contributed by atoms with van der Waals surface area (Å²) in [4.78, 5) is 5.45. The van der Waals surface area contributed by atoms with Gasteiger partial charge >= 0.3 is 0 Å². The number of halogens is 2. The van der Waals surface area contributed by atoms with Gasteiger partial charge in [-0.05, 0) is 57.2 Å². The highest BCUT2D eigenvalue weighted by molar-refractivity contribution is 8.14. The maximum atomic E-state index is 6.22. The number of nitrogens with two attached hydrogens (primary N) is 1. The quantitative estimate of drug-likeness (QED) is 0.210. The molecule has 170 valence electrons. The fraction of sp³-hybridized carbons (Fsp3) is 0.560. The SMILES string of the molecule is C=C(CC)C(=N/C=C(/C)CC)Sc1cccc(Cl)c1Cl.CCCCC(C)(N)CCC. The first-order valence-electron chi connectivity index (χ1n) is 10.9. The number of benzene rings is 1. The van der Waals surface area contributed by atoms with Gasteiger partial charge in [-0.2, -0.15) is 0 Å². The molecule has 2 N–H and O–H groups in total. The van der Waals surface area contributed by atoms with E-state index in [-0.39, 0.29) is 5.54 Å². The molecule has 0 heterocycles. The summed E-state index contributed by atoms with van der Waals surface area (Å²) in [5.74, 6) is 0. The van der Waals surface area contributed by atoms with Crippen LogP contribution < -0.4 is 5.73 Å². The minimum Gasteiger partial charge on any atom is -0.325 e. The molecule has 0 aromatic heterocycles. The van der Waals surface area contributed by atoms with Crippen molar-refractivity contribution in [1.82, 2.24) is 0 Å². The second-order valence-electron chi connectivity index (χ2n) is 7.88. The van der Waals surface area contributed by atoms with Crippen molar-refractivity contribution in [2.75, 3.05) is 0 Å². The van der Waals surface area contributed by atoms with Gasteiger partial charge in [0.2, 0.25) is 0 Å². The summed E-state index contributed by atoms with van der Waals surface area (Å²) < 4.78 is 0. The van der Waals surface area contributed by atoms with Gasteiger partial charge in [-0.3, -0.25) is 0 Å². The number of thioether (sulfide) groups is 1. The summed E-state index contributed by atoms with van der Waals surface area (Å²) in [5, 5.41) is 2.00. The molecular weight excluding hydrogens is 431 g/mol. The highest BCUT2D eigenvalue weighted by Gasteiger charge is 2.15. The van der Waals surface area contributed by atoms with Crippen LogP contribution in [0.4, 0.5) is 0 Å². The number of hydrogen-bond donors (Lipinski definition) is 1. The average Bonchev–Trinajstić information content (AvgIpc) is 2.72. The van der Waals surface area contributed by atoms with Crippen LogP contribution in [0.3, 0.4) is 0 Å². The van der Waals surface area contributed by atoms with E-state index in [1.807, 2.05) is 18.3 Å². The number of hydrogen-bond acceptors (Lipinski definition) is 3. The van der Waals surface area contributed by atoms with Crippen LogP contribution in [0.1, 0.15) is 86.5 Å². The minimum absolute atomic E-state index is 0.102. The molecule has 1 rings (SSSR count). The van der Waals surface area contributed by atoms with Crippen LogP contribution in [0.15, 0.2) is 52.0 Å². The lowest BCUT2D eigenvalue weighted by molar-refractivity contribution is 0.384. The zero-order chi connectivity index (χ0) is 23.2. The summed E-state index contributed by atoms with van der Waals surface area (Å²) in [6, 6.07) is 5.60. The van der Waals surface area contributed by atoms with Gasteiger partial charge in [-0.1, -0.05) is 100 Å². The summed E-state index contributed by atoms with van der Waals surface area (Å²) in [7, 11) is 0. The predicted octanol–water partition coefficient (Wildman–Crippen LogP) is 9.46. The van der Waals surface area contributed by atoms with Crippen LogP contribution in [-0.2, 0) is 0 Å². The van der Waals surface area contributed by atoms with Gasteiger partial charge in [0.15, 0.2) is 0 Å². The smallest absolute Gasteiger partial charge is 0.103 e. The van der Waals surface area contributed by atoms with Crippen molar-refractivity contribution in [3.8, 4) is 0 Å². The van der Waals surface area contributed by atoms with Gasteiger partial charge in [0.05, 0.1) is 10.0 Å². The molecule has 0 spiro atoms. The molecule has 0 saturated carbocycles. The lowest BCUT2D eigenvalue weighted by atomic mass is 9.91. The molecule has 0 aliphatic rings. The average molecular weight is 472 g/mol. The van der Waals surface area contributed by atoms with E-state index < -0.39 is 0 Å². The third-order valence-corrected chi connectivity index (χ3v) is 6.81. The van der Waals surface area contributed by atoms with Crippen LogP contribution in [-0.4, -0.2) is 10.6 Å². The molecule has 0 amide bonds. The fourth-order valence-electron chi connectivity index (χ4n) is 2.54. The summed E-state index contributed by atoms with van der Waals surface area (Å²) >= 11 is 13.8. The first-order chi connectivity index (χ1) is 14.1. The van der Waals surface area contributed by atoms with E-state index in [0.717, 1.165) is 34.8 Å². The number of aliphatic imine (C=N–C) groups is 1. The Kier molecular flexibility index (Phi) is 15.6. The van der Waals surface area contributed by atoms with E-state index in [1.165, 1.54) is 43.0 Å². The normalized spacial score (nSPS) is 14.0. The second-order valence-corrected chi connectivity index (χ2v) is 9.70. The van der Waals surface area contributed by atoms with E-state index in [9.17, 15) is 0 Å². The Balaban J connectivity index is 0.000000710. The van der Waals surface area contributed by atoms with Gasteiger partial charge < -0.3 is 5.73 Å². The first-order valence-corrected chi connectivity index (χ1v) is 12.5. The van der Waals surface area contributed by atoms with Gasteiger partial charge in [-0.25, -0.2) is 4.99 Å². The van der Waals surface area contributed by atoms with Crippen LogP contribution in [0.2, 0.25) is 10.0 Å².